The van der Waals surface area contributed by atoms with E-state index < -0.39 is 12.2 Å². The normalized spacial score (nSPS) is 24.5. The third kappa shape index (κ3) is 5.54. The molecule has 4 atom stereocenters. The van der Waals surface area contributed by atoms with Crippen molar-refractivity contribution in [1.82, 2.24) is 0 Å². The van der Waals surface area contributed by atoms with Gasteiger partial charge in [0, 0.05) is 17.9 Å². The minimum Gasteiger partial charge on any atom is -0.472 e. The molecule has 0 radical (unpaired) electrons. The van der Waals surface area contributed by atoms with E-state index in [9.17, 15) is 10.2 Å². The van der Waals surface area contributed by atoms with Crippen molar-refractivity contribution in [3.8, 4) is 11.8 Å². The van der Waals surface area contributed by atoms with Crippen LogP contribution in [0.4, 0.5) is 5.69 Å². The summed E-state index contributed by atoms with van der Waals surface area (Å²) in [6.45, 7) is 2.35. The Balaban J connectivity index is 0.00000132. The van der Waals surface area contributed by atoms with Crippen molar-refractivity contribution in [1.29, 1.82) is 5.26 Å². The molecule has 0 bridgehead atoms. The summed E-state index contributed by atoms with van der Waals surface area (Å²) in [7, 11) is 0. The summed E-state index contributed by atoms with van der Waals surface area (Å²) < 4.78 is 11.6. The molecule has 0 amide bonds. The minimum atomic E-state index is -0.492. The van der Waals surface area contributed by atoms with E-state index in [2.05, 4.69) is 11.4 Å². The first kappa shape index (κ1) is 23.0. The van der Waals surface area contributed by atoms with E-state index in [1.54, 1.807) is 0 Å². The summed E-state index contributed by atoms with van der Waals surface area (Å²) >= 11 is 6.44. The molecule has 2 aromatic rings. The predicted molar refractivity (Wildman–Crippen MR) is 116 cm³/mol. The van der Waals surface area contributed by atoms with Crippen molar-refractivity contribution in [3.63, 3.8) is 0 Å². The van der Waals surface area contributed by atoms with Gasteiger partial charge in [-0.3, -0.25) is 0 Å². The van der Waals surface area contributed by atoms with Crippen LogP contribution >= 0.6 is 11.6 Å². The number of halogens is 1. The van der Waals surface area contributed by atoms with Gasteiger partial charge in [0.25, 0.3) is 0 Å². The van der Waals surface area contributed by atoms with Gasteiger partial charge >= 0.3 is 0 Å². The van der Waals surface area contributed by atoms with E-state index >= 15 is 0 Å². The van der Waals surface area contributed by atoms with Crippen LogP contribution in [0, 0.1) is 11.3 Å². The maximum Gasteiger partial charge on any atom is 0.201 e. The first-order chi connectivity index (χ1) is 15.1. The second kappa shape index (κ2) is 10.6. The number of rotatable bonds is 4. The lowest BCUT2D eigenvalue weighted by molar-refractivity contribution is -0.113. The zero-order valence-corrected chi connectivity index (χ0v) is 17.7. The molecule has 2 heterocycles. The van der Waals surface area contributed by atoms with Crippen LogP contribution in [0.3, 0.4) is 0 Å². The molecule has 2 aliphatic heterocycles. The Morgan fingerprint density at radius 2 is 2.03 bits per heavy atom. The average molecular weight is 445 g/mol. The van der Waals surface area contributed by atoms with E-state index in [0.717, 1.165) is 22.4 Å². The van der Waals surface area contributed by atoms with Crippen molar-refractivity contribution in [2.45, 2.75) is 43.7 Å². The Morgan fingerprint density at radius 1 is 1.23 bits per heavy atom. The van der Waals surface area contributed by atoms with Gasteiger partial charge < -0.3 is 29.8 Å². The lowest BCUT2D eigenvalue weighted by Crippen LogP contribution is -2.33. The van der Waals surface area contributed by atoms with E-state index in [4.69, 9.17) is 31.1 Å². The summed E-state index contributed by atoms with van der Waals surface area (Å²) in [5.41, 5.74) is 3.83. The number of hydrogen-bond acceptors (Lipinski definition) is 7. The Labute approximate surface area is 186 Å². The first-order valence-corrected chi connectivity index (χ1v) is 10.4. The number of nitrogens with zero attached hydrogens (tertiary/aromatic N) is 1. The molecule has 0 saturated carbocycles. The molecule has 2 aromatic carbocycles. The van der Waals surface area contributed by atoms with Crippen LogP contribution in [-0.4, -0.2) is 48.5 Å². The second-order valence-electron chi connectivity index (χ2n) is 7.53. The fourth-order valence-corrected chi connectivity index (χ4v) is 4.05. The third-order valence-electron chi connectivity index (χ3n) is 5.35. The van der Waals surface area contributed by atoms with Crippen LogP contribution in [0.5, 0.6) is 5.75 Å². The highest BCUT2D eigenvalue weighted by Crippen LogP contribution is 2.35. The molecule has 0 spiro atoms. The molecule has 7 nitrogen and oxygen atoms in total. The number of hydrogen-bond donors (Lipinski definition) is 3. The van der Waals surface area contributed by atoms with Crippen LogP contribution in [0.1, 0.15) is 35.6 Å². The number of carbonyl (C=O) groups excluding carboxylic acids is 1. The smallest absolute Gasteiger partial charge is 0.201 e. The van der Waals surface area contributed by atoms with Gasteiger partial charge in [-0.2, -0.15) is 5.26 Å². The van der Waals surface area contributed by atoms with Gasteiger partial charge in [0.05, 0.1) is 37.2 Å². The molecule has 3 N–H and O–H groups in total. The van der Waals surface area contributed by atoms with Crippen molar-refractivity contribution in [2.24, 2.45) is 0 Å². The molecule has 8 heteroatoms. The number of nitrogens with one attached hydrogen (secondary N) is 1. The van der Waals surface area contributed by atoms with E-state index in [-0.39, 0.29) is 18.8 Å². The van der Waals surface area contributed by atoms with Crippen LogP contribution < -0.4 is 10.1 Å². The molecular weight excluding hydrogens is 420 g/mol. The van der Waals surface area contributed by atoms with Crippen molar-refractivity contribution >= 4 is 24.1 Å². The fraction of sp³-hybridized carbons (Fsp3) is 0.391. The molecule has 1 saturated heterocycles. The Kier molecular flexibility index (Phi) is 7.88. The first-order valence-electron chi connectivity index (χ1n) is 10.0. The lowest BCUT2D eigenvalue weighted by Gasteiger charge is -2.32. The molecule has 2 aliphatic rings. The SMILES string of the molecule is C=O.N#CC1CNc2cc(Cc3cc([C@H]4C[C@@H](O)C[C@@H](CO)O4)ccc3Cl)ccc2O1. The fourth-order valence-electron chi connectivity index (χ4n) is 3.87. The Hall–Kier alpha value is -2.63. The summed E-state index contributed by atoms with van der Waals surface area (Å²) in [5.74, 6) is 0.672. The van der Waals surface area contributed by atoms with Gasteiger partial charge in [0.15, 0.2) is 0 Å². The van der Waals surface area contributed by atoms with Gasteiger partial charge in [-0.15, -0.1) is 0 Å². The number of anilines is 1. The van der Waals surface area contributed by atoms with Gasteiger partial charge in [0.1, 0.15) is 18.6 Å². The summed E-state index contributed by atoms with van der Waals surface area (Å²) in [5, 5.41) is 32.4. The van der Waals surface area contributed by atoms with Gasteiger partial charge in [0.2, 0.25) is 6.10 Å². The largest absolute Gasteiger partial charge is 0.472 e. The molecule has 1 fully saturated rings. The Morgan fingerprint density at radius 3 is 2.77 bits per heavy atom. The standard InChI is InChI=1S/C22H23ClN2O4.CH2O/c23-19-3-2-14(22-9-16(27)8-17(12-26)28-22)7-15(19)5-13-1-4-21-20(6-13)25-11-18(10-24)29-21;1-2/h1-4,6-7,16-18,22,25-27H,5,8-9,11-12H2;1H2/t16-,17-,18?,22+;/m0./s1. The summed E-state index contributed by atoms with van der Waals surface area (Å²) in [6.07, 6.45) is -0.0216. The van der Waals surface area contributed by atoms with Crippen LogP contribution in [0.15, 0.2) is 36.4 Å². The number of nitriles is 1. The maximum absolute atomic E-state index is 10.1. The Bertz CT molecular complexity index is 948. The number of aliphatic hydroxyl groups is 2. The third-order valence-corrected chi connectivity index (χ3v) is 5.72. The number of carbonyl (C=O) groups is 1. The molecular formula is C23H25ClN2O5. The molecule has 0 aliphatic carbocycles. The number of benzene rings is 2. The number of ether oxygens (including phenoxy) is 2. The second-order valence-corrected chi connectivity index (χ2v) is 7.94. The molecule has 4 rings (SSSR count). The highest BCUT2D eigenvalue weighted by molar-refractivity contribution is 6.31. The van der Waals surface area contributed by atoms with E-state index in [0.29, 0.717) is 36.6 Å². The van der Waals surface area contributed by atoms with Crippen LogP contribution in [0.25, 0.3) is 0 Å². The number of fused-ring (bicyclic) bond motifs is 1. The van der Waals surface area contributed by atoms with Gasteiger partial charge in [-0.1, -0.05) is 29.8 Å². The topological polar surface area (TPSA) is 112 Å². The molecule has 31 heavy (non-hydrogen) atoms. The van der Waals surface area contributed by atoms with Gasteiger partial charge in [-0.25, -0.2) is 0 Å². The monoisotopic (exact) mass is 444 g/mol. The highest BCUT2D eigenvalue weighted by Gasteiger charge is 2.29. The quantitative estimate of drug-likeness (QED) is 0.664. The molecule has 0 aromatic heterocycles. The van der Waals surface area contributed by atoms with E-state index in [1.165, 1.54) is 0 Å². The lowest BCUT2D eigenvalue weighted by atomic mass is 9.94. The van der Waals surface area contributed by atoms with Crippen molar-refractivity contribution in [3.05, 3.63) is 58.1 Å². The predicted octanol–water partition coefficient (Wildman–Crippen LogP) is 3.02. The van der Waals surface area contributed by atoms with Crippen molar-refractivity contribution < 1.29 is 24.5 Å². The van der Waals surface area contributed by atoms with Gasteiger partial charge in [-0.05, 0) is 41.3 Å². The highest BCUT2D eigenvalue weighted by atomic mass is 35.5. The molecule has 164 valence electrons. The van der Waals surface area contributed by atoms with E-state index in [1.807, 2.05) is 43.2 Å². The minimum absolute atomic E-state index is 0.106. The zero-order chi connectivity index (χ0) is 22.4. The maximum atomic E-state index is 10.1. The number of aliphatic hydroxyl groups excluding tert-OH is 2. The van der Waals surface area contributed by atoms with Crippen molar-refractivity contribution in [2.75, 3.05) is 18.5 Å². The summed E-state index contributed by atoms with van der Waals surface area (Å²) in [6, 6.07) is 13.7. The zero-order valence-electron chi connectivity index (χ0n) is 17.0. The average Bonchev–Trinajstić information content (AvgIpc) is 2.81. The molecule has 1 unspecified atom stereocenters. The van der Waals surface area contributed by atoms with Crippen LogP contribution in [0.2, 0.25) is 5.02 Å². The van der Waals surface area contributed by atoms with Crippen LogP contribution in [-0.2, 0) is 16.0 Å². The summed E-state index contributed by atoms with van der Waals surface area (Å²) in [4.78, 5) is 8.00.